The smallest absolute Gasteiger partial charge is 0.277 e. The first-order valence-electron chi connectivity index (χ1n) is 10.9. The van der Waals surface area contributed by atoms with Crippen molar-refractivity contribution in [2.24, 2.45) is 0 Å². The Kier molecular flexibility index (Phi) is 7.10. The largest absolute Gasteiger partial charge is 0.488 e. The molecule has 2 aliphatic rings. The topological polar surface area (TPSA) is 67.4 Å². The lowest BCUT2D eigenvalue weighted by Crippen LogP contribution is -3.28. The maximum Gasteiger partial charge on any atom is 0.277 e. The summed E-state index contributed by atoms with van der Waals surface area (Å²) in [5, 5.41) is 0. The van der Waals surface area contributed by atoms with E-state index in [1.54, 1.807) is 17.3 Å². The van der Waals surface area contributed by atoms with Gasteiger partial charge in [0.15, 0.2) is 6.54 Å². The van der Waals surface area contributed by atoms with Gasteiger partial charge in [0.2, 0.25) is 5.95 Å². The van der Waals surface area contributed by atoms with E-state index >= 15 is 0 Å². The quantitative estimate of drug-likeness (QED) is 0.550. The maximum absolute atomic E-state index is 12.7. The number of anilines is 1. The molecule has 2 fully saturated rings. The predicted octanol–water partition coefficient (Wildman–Crippen LogP) is -2.01. The average Bonchev–Trinajstić information content (AvgIpc) is 2.81. The van der Waals surface area contributed by atoms with Crippen LogP contribution in [-0.4, -0.2) is 92.8 Å². The highest BCUT2D eigenvalue weighted by Gasteiger charge is 2.28. The molecule has 2 aromatic rings. The van der Waals surface area contributed by atoms with E-state index < -0.39 is 0 Å². The number of benzene rings is 1. The summed E-state index contributed by atoms with van der Waals surface area (Å²) in [5.74, 6) is 1.96. The number of quaternary nitrogens is 2. The van der Waals surface area contributed by atoms with Crippen molar-refractivity contribution in [2.75, 3.05) is 77.0 Å². The summed E-state index contributed by atoms with van der Waals surface area (Å²) in [4.78, 5) is 28.5. The predicted molar refractivity (Wildman–Crippen MR) is 114 cm³/mol. The summed E-state index contributed by atoms with van der Waals surface area (Å²) in [7, 11) is 0. The van der Waals surface area contributed by atoms with E-state index in [2.05, 4.69) is 14.9 Å². The van der Waals surface area contributed by atoms with Crippen molar-refractivity contribution in [1.82, 2.24) is 14.9 Å². The summed E-state index contributed by atoms with van der Waals surface area (Å²) in [6.45, 7) is 9.73. The van der Waals surface area contributed by atoms with Crippen LogP contribution in [-0.2, 0) is 4.79 Å². The Morgan fingerprint density at radius 1 is 0.900 bits per heavy atom. The Morgan fingerprint density at radius 3 is 2.27 bits per heavy atom. The summed E-state index contributed by atoms with van der Waals surface area (Å²) < 4.78 is 5.82. The number of amides is 1. The van der Waals surface area contributed by atoms with Crippen LogP contribution in [0.2, 0.25) is 0 Å². The Hall–Kier alpha value is -2.71. The zero-order chi connectivity index (χ0) is 20.6. The average molecular weight is 413 g/mol. The number of nitrogens with one attached hydrogen (secondary N) is 2. The Morgan fingerprint density at radius 2 is 1.57 bits per heavy atom. The van der Waals surface area contributed by atoms with Gasteiger partial charge in [-0.2, -0.15) is 0 Å². The summed E-state index contributed by atoms with van der Waals surface area (Å²) in [5.41, 5.74) is 0. The molecular weight excluding hydrogens is 380 g/mol. The number of hydrogen-bond acceptors (Lipinski definition) is 5. The molecule has 160 valence electrons. The van der Waals surface area contributed by atoms with Crippen LogP contribution in [0.4, 0.5) is 5.95 Å². The molecule has 1 aromatic carbocycles. The molecule has 4 rings (SSSR count). The molecule has 3 heterocycles. The SMILES string of the molecule is O=C(C[NH+]1CC[NH+](CCOc2ccccc2)CC1)N1CCN(c2ncccn2)CC1. The number of aromatic nitrogens is 2. The Bertz CT molecular complexity index is 775. The number of piperazine rings is 2. The fourth-order valence-corrected chi connectivity index (χ4v) is 4.15. The van der Waals surface area contributed by atoms with Gasteiger partial charge in [-0.15, -0.1) is 0 Å². The van der Waals surface area contributed by atoms with E-state index in [4.69, 9.17) is 4.74 Å². The van der Waals surface area contributed by atoms with Crippen LogP contribution >= 0.6 is 0 Å². The van der Waals surface area contributed by atoms with Crippen molar-refractivity contribution in [3.8, 4) is 5.75 Å². The first-order valence-corrected chi connectivity index (χ1v) is 10.9. The molecule has 0 bridgehead atoms. The second-order valence-electron chi connectivity index (χ2n) is 8.00. The highest BCUT2D eigenvalue weighted by Crippen LogP contribution is 2.09. The first-order chi connectivity index (χ1) is 14.8. The van der Waals surface area contributed by atoms with Crippen LogP contribution in [0, 0.1) is 0 Å². The van der Waals surface area contributed by atoms with Crippen molar-refractivity contribution >= 4 is 11.9 Å². The molecule has 8 nitrogen and oxygen atoms in total. The van der Waals surface area contributed by atoms with Gasteiger partial charge in [-0.25, -0.2) is 9.97 Å². The van der Waals surface area contributed by atoms with Crippen molar-refractivity contribution in [1.29, 1.82) is 0 Å². The number of para-hydroxylation sites is 1. The van der Waals surface area contributed by atoms with Crippen LogP contribution in [0.3, 0.4) is 0 Å². The van der Waals surface area contributed by atoms with Gasteiger partial charge < -0.3 is 24.3 Å². The minimum Gasteiger partial charge on any atom is -0.488 e. The van der Waals surface area contributed by atoms with Gasteiger partial charge in [-0.05, 0) is 18.2 Å². The molecule has 0 unspecified atom stereocenters. The van der Waals surface area contributed by atoms with E-state index in [0.717, 1.165) is 77.2 Å². The second kappa shape index (κ2) is 10.4. The molecule has 0 radical (unpaired) electrons. The standard InChI is InChI=1S/C22H30N6O2/c29-21(27-13-15-28(16-14-27)22-23-7-4-8-24-22)19-26-11-9-25(10-12-26)17-18-30-20-5-2-1-3-6-20/h1-8H,9-19H2/p+2. The summed E-state index contributed by atoms with van der Waals surface area (Å²) in [6, 6.07) is 11.8. The monoisotopic (exact) mass is 412 g/mol. The van der Waals surface area contributed by atoms with Gasteiger partial charge >= 0.3 is 0 Å². The number of carbonyl (C=O) groups is 1. The van der Waals surface area contributed by atoms with Gasteiger partial charge in [0.05, 0.1) is 0 Å². The van der Waals surface area contributed by atoms with Crippen LogP contribution in [0.1, 0.15) is 0 Å². The highest BCUT2D eigenvalue weighted by molar-refractivity contribution is 5.77. The van der Waals surface area contributed by atoms with Crippen LogP contribution < -0.4 is 19.4 Å². The minimum atomic E-state index is 0.273. The fraction of sp³-hybridized carbons (Fsp3) is 0.500. The molecule has 2 N–H and O–H groups in total. The molecule has 0 aliphatic carbocycles. The van der Waals surface area contributed by atoms with E-state index in [0.29, 0.717) is 6.54 Å². The third kappa shape index (κ3) is 5.67. The third-order valence-electron chi connectivity index (χ3n) is 6.00. The molecule has 0 atom stereocenters. The normalized spacial score (nSPS) is 22.0. The zero-order valence-electron chi connectivity index (χ0n) is 17.5. The number of carbonyl (C=O) groups excluding carboxylic acids is 1. The molecule has 1 aromatic heterocycles. The molecule has 0 spiro atoms. The van der Waals surface area contributed by atoms with E-state index in [9.17, 15) is 4.79 Å². The summed E-state index contributed by atoms with van der Waals surface area (Å²) >= 11 is 0. The minimum absolute atomic E-state index is 0.273. The van der Waals surface area contributed by atoms with Crippen molar-refractivity contribution in [3.05, 3.63) is 48.8 Å². The number of hydrogen-bond donors (Lipinski definition) is 2. The molecule has 8 heteroatoms. The number of nitrogens with zero attached hydrogens (tertiary/aromatic N) is 4. The Labute approximate surface area is 178 Å². The van der Waals surface area contributed by atoms with Crippen LogP contribution in [0.25, 0.3) is 0 Å². The Balaban J connectivity index is 1.13. The summed E-state index contributed by atoms with van der Waals surface area (Å²) in [6.07, 6.45) is 3.53. The van der Waals surface area contributed by atoms with Crippen LogP contribution in [0.5, 0.6) is 5.75 Å². The number of rotatable bonds is 7. The van der Waals surface area contributed by atoms with Gasteiger partial charge in [0, 0.05) is 38.6 Å². The van der Waals surface area contributed by atoms with Crippen molar-refractivity contribution in [2.45, 2.75) is 0 Å². The van der Waals surface area contributed by atoms with E-state index in [1.807, 2.05) is 41.3 Å². The second-order valence-corrected chi connectivity index (χ2v) is 8.00. The van der Waals surface area contributed by atoms with Crippen molar-refractivity contribution < 1.29 is 19.3 Å². The maximum atomic E-state index is 12.7. The van der Waals surface area contributed by atoms with Gasteiger partial charge in [-0.1, -0.05) is 18.2 Å². The van der Waals surface area contributed by atoms with Crippen molar-refractivity contribution in [3.63, 3.8) is 0 Å². The van der Waals surface area contributed by atoms with E-state index in [-0.39, 0.29) is 5.91 Å². The lowest BCUT2D eigenvalue weighted by Gasteiger charge is -2.36. The zero-order valence-corrected chi connectivity index (χ0v) is 17.5. The van der Waals surface area contributed by atoms with Gasteiger partial charge in [-0.3, -0.25) is 4.79 Å². The molecule has 2 aliphatic heterocycles. The molecule has 30 heavy (non-hydrogen) atoms. The molecule has 0 saturated carbocycles. The van der Waals surface area contributed by atoms with Gasteiger partial charge in [0.1, 0.15) is 45.1 Å². The third-order valence-corrected chi connectivity index (χ3v) is 6.00. The first kappa shape index (κ1) is 20.6. The molecular formula is C22H32N6O2+2. The molecule has 1 amide bonds. The highest BCUT2D eigenvalue weighted by atomic mass is 16.5. The van der Waals surface area contributed by atoms with Gasteiger partial charge in [0.25, 0.3) is 5.91 Å². The fourth-order valence-electron chi connectivity index (χ4n) is 4.15. The van der Waals surface area contributed by atoms with E-state index in [1.165, 1.54) is 4.90 Å². The molecule has 2 saturated heterocycles. The number of ether oxygens (including phenoxy) is 1. The lowest BCUT2D eigenvalue weighted by molar-refractivity contribution is -1.01. The van der Waals surface area contributed by atoms with Crippen LogP contribution in [0.15, 0.2) is 48.8 Å². The lowest BCUT2D eigenvalue weighted by atomic mass is 10.2.